The Hall–Kier alpha value is -2.48. The summed E-state index contributed by atoms with van der Waals surface area (Å²) < 4.78 is 6.01. The number of aryl methyl sites for hydroxylation is 1. The Bertz CT molecular complexity index is 1040. The molecule has 0 aliphatic heterocycles. The van der Waals surface area contributed by atoms with E-state index in [0.29, 0.717) is 31.8 Å². The highest BCUT2D eigenvalue weighted by atomic mass is 79.9. The van der Waals surface area contributed by atoms with E-state index in [2.05, 4.69) is 35.0 Å². The van der Waals surface area contributed by atoms with Gasteiger partial charge < -0.3 is 14.5 Å². The van der Waals surface area contributed by atoms with Gasteiger partial charge in [-0.05, 0) is 42.8 Å². The number of ether oxygens (including phenoxy) is 1. The average molecular weight is 515 g/mol. The molecule has 0 saturated heterocycles. The number of benzene rings is 2. The van der Waals surface area contributed by atoms with Crippen molar-refractivity contribution < 1.29 is 14.3 Å². The first-order valence-corrected chi connectivity index (χ1v) is 12.0. The Kier molecular flexibility index (Phi) is 9.02. The summed E-state index contributed by atoms with van der Waals surface area (Å²) in [5.41, 5.74) is 1.59. The summed E-state index contributed by atoms with van der Waals surface area (Å²) in [6, 6.07) is 21.2. The number of methoxy groups -OCH3 is 1. The lowest BCUT2D eigenvalue weighted by Gasteiger charge is -2.27. The second-order valence-corrected chi connectivity index (χ2v) is 9.77. The Morgan fingerprint density at radius 3 is 2.41 bits per heavy atom. The summed E-state index contributed by atoms with van der Waals surface area (Å²) in [5, 5.41) is 0. The molecule has 168 valence electrons. The van der Waals surface area contributed by atoms with Crippen molar-refractivity contribution in [1.82, 2.24) is 9.80 Å². The zero-order chi connectivity index (χ0) is 22.9. The van der Waals surface area contributed by atoms with Crippen LogP contribution in [-0.4, -0.2) is 48.4 Å². The number of hydrogen-bond acceptors (Lipinski definition) is 4. The Morgan fingerprint density at radius 1 is 0.969 bits per heavy atom. The number of amides is 2. The van der Waals surface area contributed by atoms with Crippen LogP contribution in [0.15, 0.2) is 71.2 Å². The van der Waals surface area contributed by atoms with Crippen molar-refractivity contribution in [2.75, 3.05) is 26.8 Å². The van der Waals surface area contributed by atoms with E-state index in [1.165, 1.54) is 4.88 Å². The monoisotopic (exact) mass is 514 g/mol. The minimum atomic E-state index is -0.191. The van der Waals surface area contributed by atoms with Gasteiger partial charge in [0.05, 0.1) is 13.2 Å². The summed E-state index contributed by atoms with van der Waals surface area (Å²) in [4.78, 5) is 32.3. The predicted octanol–water partition coefficient (Wildman–Crippen LogP) is 5.14. The van der Waals surface area contributed by atoms with Crippen molar-refractivity contribution in [2.45, 2.75) is 20.0 Å². The molecular weight excluding hydrogens is 488 g/mol. The van der Waals surface area contributed by atoms with Gasteiger partial charge in [-0.15, -0.1) is 11.3 Å². The first-order chi connectivity index (χ1) is 15.5. The van der Waals surface area contributed by atoms with Gasteiger partial charge in [0.2, 0.25) is 5.91 Å². The molecule has 1 heterocycles. The first kappa shape index (κ1) is 24.2. The molecule has 5 nitrogen and oxygen atoms in total. The van der Waals surface area contributed by atoms with Crippen molar-refractivity contribution in [2.24, 2.45) is 0 Å². The van der Waals surface area contributed by atoms with Crippen LogP contribution in [0.1, 0.15) is 25.7 Å². The highest BCUT2D eigenvalue weighted by Gasteiger charge is 2.23. The number of carbonyl (C=O) groups is 2. The van der Waals surface area contributed by atoms with Gasteiger partial charge in [-0.1, -0.05) is 52.3 Å². The zero-order valence-electron chi connectivity index (χ0n) is 18.3. The van der Waals surface area contributed by atoms with Crippen molar-refractivity contribution in [3.8, 4) is 0 Å². The van der Waals surface area contributed by atoms with E-state index in [-0.39, 0.29) is 18.4 Å². The third-order valence-corrected chi connectivity index (χ3v) is 6.44. The number of rotatable bonds is 10. The van der Waals surface area contributed by atoms with Crippen molar-refractivity contribution in [1.29, 1.82) is 0 Å². The quantitative estimate of drug-likeness (QED) is 0.376. The van der Waals surface area contributed by atoms with Crippen LogP contribution in [0, 0.1) is 6.92 Å². The van der Waals surface area contributed by atoms with Crippen LogP contribution < -0.4 is 0 Å². The van der Waals surface area contributed by atoms with Gasteiger partial charge >= 0.3 is 0 Å². The Morgan fingerprint density at radius 2 is 1.75 bits per heavy atom. The molecule has 2 aromatic carbocycles. The third-order valence-electron chi connectivity index (χ3n) is 4.96. The number of carbonyl (C=O) groups excluding carboxylic acids is 2. The standard InChI is InChI=1S/C25H27BrN2O3S/c1-19-11-12-23(32-19)17-28(16-20-7-4-3-5-8-20)24(29)18-27(13-14-31-2)25(30)21-9-6-10-22(26)15-21/h3-12,15H,13-14,16-18H2,1-2H3. The fourth-order valence-electron chi connectivity index (χ4n) is 3.32. The number of hydrogen-bond donors (Lipinski definition) is 0. The van der Waals surface area contributed by atoms with Crippen LogP contribution in [0.3, 0.4) is 0 Å². The second-order valence-electron chi connectivity index (χ2n) is 7.48. The smallest absolute Gasteiger partial charge is 0.254 e. The maximum Gasteiger partial charge on any atom is 0.254 e. The fourth-order valence-corrected chi connectivity index (χ4v) is 4.62. The molecule has 0 saturated carbocycles. The van der Waals surface area contributed by atoms with E-state index in [1.807, 2.05) is 47.4 Å². The fraction of sp³-hybridized carbons (Fsp3) is 0.280. The van der Waals surface area contributed by atoms with E-state index < -0.39 is 0 Å². The number of nitrogens with zero attached hydrogens (tertiary/aromatic N) is 2. The molecule has 2 amide bonds. The van der Waals surface area contributed by atoms with E-state index in [9.17, 15) is 9.59 Å². The van der Waals surface area contributed by atoms with Crippen LogP contribution in [0.2, 0.25) is 0 Å². The molecule has 0 atom stereocenters. The summed E-state index contributed by atoms with van der Waals surface area (Å²) in [7, 11) is 1.59. The van der Waals surface area contributed by atoms with Gasteiger partial charge in [0.1, 0.15) is 6.54 Å². The highest BCUT2D eigenvalue weighted by molar-refractivity contribution is 9.10. The number of thiophene rings is 1. The molecule has 0 fully saturated rings. The van der Waals surface area contributed by atoms with Gasteiger partial charge in [0.15, 0.2) is 0 Å². The van der Waals surface area contributed by atoms with E-state index in [0.717, 1.165) is 14.9 Å². The van der Waals surface area contributed by atoms with Crippen molar-refractivity contribution in [3.05, 3.63) is 92.1 Å². The minimum absolute atomic E-state index is 0.00804. The summed E-state index contributed by atoms with van der Waals surface area (Å²) in [6.07, 6.45) is 0. The summed E-state index contributed by atoms with van der Waals surface area (Å²) in [5.74, 6) is -0.289. The molecule has 0 bridgehead atoms. The summed E-state index contributed by atoms with van der Waals surface area (Å²) in [6.45, 7) is 3.74. The maximum atomic E-state index is 13.4. The van der Waals surface area contributed by atoms with E-state index in [1.54, 1.807) is 35.5 Å². The largest absolute Gasteiger partial charge is 0.383 e. The lowest BCUT2D eigenvalue weighted by molar-refractivity contribution is -0.133. The van der Waals surface area contributed by atoms with Gasteiger partial charge in [0.25, 0.3) is 5.91 Å². The van der Waals surface area contributed by atoms with Crippen LogP contribution >= 0.6 is 27.3 Å². The van der Waals surface area contributed by atoms with Crippen molar-refractivity contribution in [3.63, 3.8) is 0 Å². The van der Waals surface area contributed by atoms with Gasteiger partial charge in [0, 0.05) is 40.0 Å². The molecule has 32 heavy (non-hydrogen) atoms. The normalized spacial score (nSPS) is 10.7. The molecule has 0 aliphatic rings. The summed E-state index contributed by atoms with van der Waals surface area (Å²) >= 11 is 5.09. The van der Waals surface area contributed by atoms with Gasteiger partial charge in [-0.25, -0.2) is 0 Å². The Balaban J connectivity index is 1.80. The van der Waals surface area contributed by atoms with Gasteiger partial charge in [-0.2, -0.15) is 0 Å². The van der Waals surface area contributed by atoms with Gasteiger partial charge in [-0.3, -0.25) is 9.59 Å². The maximum absolute atomic E-state index is 13.4. The van der Waals surface area contributed by atoms with Crippen LogP contribution in [-0.2, 0) is 22.6 Å². The SMILES string of the molecule is COCCN(CC(=O)N(Cc1ccccc1)Cc1ccc(C)s1)C(=O)c1cccc(Br)c1. The molecule has 3 aromatic rings. The highest BCUT2D eigenvalue weighted by Crippen LogP contribution is 2.19. The molecule has 0 aliphatic carbocycles. The lowest BCUT2D eigenvalue weighted by Crippen LogP contribution is -2.43. The lowest BCUT2D eigenvalue weighted by atomic mass is 10.2. The second kappa shape index (κ2) is 11.9. The Labute approximate surface area is 201 Å². The molecule has 0 N–H and O–H groups in total. The first-order valence-electron chi connectivity index (χ1n) is 10.4. The van der Waals surface area contributed by atoms with E-state index in [4.69, 9.17) is 4.74 Å². The zero-order valence-corrected chi connectivity index (χ0v) is 20.7. The minimum Gasteiger partial charge on any atom is -0.383 e. The third kappa shape index (κ3) is 7.02. The van der Waals surface area contributed by atoms with E-state index >= 15 is 0 Å². The molecule has 3 rings (SSSR count). The van der Waals surface area contributed by atoms with Crippen LogP contribution in [0.5, 0.6) is 0 Å². The predicted molar refractivity (Wildman–Crippen MR) is 132 cm³/mol. The topological polar surface area (TPSA) is 49.9 Å². The number of halogens is 1. The molecule has 0 unspecified atom stereocenters. The van der Waals surface area contributed by atoms with Crippen molar-refractivity contribution >= 4 is 39.1 Å². The molecule has 1 aromatic heterocycles. The van der Waals surface area contributed by atoms with Crippen LogP contribution in [0.4, 0.5) is 0 Å². The van der Waals surface area contributed by atoms with Crippen LogP contribution in [0.25, 0.3) is 0 Å². The molecule has 0 spiro atoms. The average Bonchev–Trinajstić information content (AvgIpc) is 3.20. The molecular formula is C25H27BrN2O3S. The molecule has 0 radical (unpaired) electrons. The molecule has 7 heteroatoms.